The van der Waals surface area contributed by atoms with Crippen LogP contribution in [0.15, 0.2) is 36.0 Å². The Morgan fingerprint density at radius 1 is 1.20 bits per heavy atom. The second kappa shape index (κ2) is 14.0. The number of aromatic nitrogens is 1. The first-order chi connectivity index (χ1) is 18.9. The number of esters is 1. The highest BCUT2D eigenvalue weighted by molar-refractivity contribution is 6.34. The molecule has 9 nitrogen and oxygen atoms in total. The molecule has 0 fully saturated rings. The average molecular weight is 591 g/mol. The van der Waals surface area contributed by atoms with Crippen molar-refractivity contribution in [1.82, 2.24) is 15.6 Å². The van der Waals surface area contributed by atoms with Crippen molar-refractivity contribution >= 4 is 46.6 Å². The van der Waals surface area contributed by atoms with Gasteiger partial charge in [0.25, 0.3) is 5.91 Å². The summed E-state index contributed by atoms with van der Waals surface area (Å²) in [5.41, 5.74) is 3.10. The molecule has 216 valence electrons. The van der Waals surface area contributed by atoms with E-state index >= 15 is 0 Å². The fourth-order valence-corrected chi connectivity index (χ4v) is 4.68. The van der Waals surface area contributed by atoms with Crippen LogP contribution >= 0.6 is 23.2 Å². The fourth-order valence-electron chi connectivity index (χ4n) is 4.14. The van der Waals surface area contributed by atoms with Crippen LogP contribution in [-0.2, 0) is 32.0 Å². The van der Waals surface area contributed by atoms with Gasteiger partial charge in [0, 0.05) is 35.0 Å². The van der Waals surface area contributed by atoms with Crippen LogP contribution in [0, 0.1) is 12.3 Å². The molecule has 40 heavy (non-hydrogen) atoms. The van der Waals surface area contributed by atoms with Crippen molar-refractivity contribution in [3.8, 4) is 0 Å². The number of benzene rings is 1. The number of aryl methyl sites for hydroxylation is 2. The molecule has 0 bridgehead atoms. The van der Waals surface area contributed by atoms with Crippen molar-refractivity contribution in [2.75, 3.05) is 25.6 Å². The van der Waals surface area contributed by atoms with Crippen LogP contribution < -0.4 is 16.0 Å². The maximum Gasteiger partial charge on any atom is 0.307 e. The van der Waals surface area contributed by atoms with Crippen LogP contribution in [-0.4, -0.2) is 48.4 Å². The standard InChI is InChI=1S/C29H37Cl2N5O4/c1-17-20(9-18-7-6-8-34-27(18)35-17)14-33-15-23(24(32)16-40-29(2,3)4)28(38)36-25(13-26(37)39-5)19-10-21(30)12-22(31)11-19/h9-12,15,25,32-33H,6-8,13-14,16H2,1-5H3,(H,34,35)(H,36,38)/b23-15+,32-24?. The number of anilines is 1. The Labute approximate surface area is 245 Å². The lowest BCUT2D eigenvalue weighted by Crippen LogP contribution is -2.36. The summed E-state index contributed by atoms with van der Waals surface area (Å²) in [7, 11) is 1.27. The Morgan fingerprint density at radius 3 is 2.55 bits per heavy atom. The van der Waals surface area contributed by atoms with Crippen molar-refractivity contribution in [3.63, 3.8) is 0 Å². The Kier molecular flexibility index (Phi) is 11.0. The number of carbonyl (C=O) groups is 2. The van der Waals surface area contributed by atoms with Crippen molar-refractivity contribution in [3.05, 3.63) is 68.5 Å². The predicted octanol–water partition coefficient (Wildman–Crippen LogP) is 5.28. The van der Waals surface area contributed by atoms with Gasteiger partial charge in [0.15, 0.2) is 0 Å². The quantitative estimate of drug-likeness (QED) is 0.159. The van der Waals surface area contributed by atoms with Gasteiger partial charge >= 0.3 is 5.97 Å². The third kappa shape index (κ3) is 9.21. The SMILES string of the molecule is COC(=O)CC(NC(=O)/C(=C/NCc1cc2c(nc1C)NCCC2)C(=N)COC(C)(C)C)c1cc(Cl)cc(Cl)c1. The van der Waals surface area contributed by atoms with Gasteiger partial charge in [-0.05, 0) is 81.5 Å². The number of ether oxygens (including phenoxy) is 2. The maximum atomic E-state index is 13.6. The van der Waals surface area contributed by atoms with Crippen LogP contribution in [0.1, 0.15) is 62.0 Å². The van der Waals surface area contributed by atoms with E-state index in [4.69, 9.17) is 38.1 Å². The van der Waals surface area contributed by atoms with Gasteiger partial charge < -0.3 is 30.8 Å². The van der Waals surface area contributed by atoms with Crippen LogP contribution in [0.2, 0.25) is 10.0 Å². The lowest BCUT2D eigenvalue weighted by atomic mass is 10.0. The van der Waals surface area contributed by atoms with Crippen LogP contribution in [0.4, 0.5) is 5.82 Å². The highest BCUT2D eigenvalue weighted by Crippen LogP contribution is 2.26. The number of methoxy groups -OCH3 is 1. The summed E-state index contributed by atoms with van der Waals surface area (Å²) in [6.07, 6.45) is 3.35. The second-order valence-corrected chi connectivity index (χ2v) is 11.5. The lowest BCUT2D eigenvalue weighted by molar-refractivity contribution is -0.141. The summed E-state index contributed by atoms with van der Waals surface area (Å²) < 4.78 is 10.6. The van der Waals surface area contributed by atoms with E-state index in [1.54, 1.807) is 18.2 Å². The van der Waals surface area contributed by atoms with E-state index < -0.39 is 23.5 Å². The van der Waals surface area contributed by atoms with E-state index in [9.17, 15) is 9.59 Å². The minimum atomic E-state index is -0.796. The molecule has 2 heterocycles. The first-order valence-corrected chi connectivity index (χ1v) is 13.8. The number of amides is 1. The van der Waals surface area contributed by atoms with Gasteiger partial charge in [-0.25, -0.2) is 4.98 Å². The summed E-state index contributed by atoms with van der Waals surface area (Å²) in [4.78, 5) is 30.4. The number of fused-ring (bicyclic) bond motifs is 1. The molecule has 1 unspecified atom stereocenters. The second-order valence-electron chi connectivity index (χ2n) is 10.6. The van der Waals surface area contributed by atoms with E-state index in [1.807, 2.05) is 27.7 Å². The molecule has 0 spiro atoms. The summed E-state index contributed by atoms with van der Waals surface area (Å²) in [6, 6.07) is 6.13. The number of rotatable bonds is 11. The molecule has 4 N–H and O–H groups in total. The molecule has 1 amide bonds. The molecule has 0 radical (unpaired) electrons. The molecule has 1 aliphatic heterocycles. The Bertz CT molecular complexity index is 1270. The zero-order valence-corrected chi connectivity index (χ0v) is 25.1. The molecule has 11 heteroatoms. The summed E-state index contributed by atoms with van der Waals surface area (Å²) >= 11 is 12.4. The highest BCUT2D eigenvalue weighted by atomic mass is 35.5. The monoisotopic (exact) mass is 589 g/mol. The Balaban J connectivity index is 1.86. The topological polar surface area (TPSA) is 125 Å². The smallest absolute Gasteiger partial charge is 0.307 e. The van der Waals surface area contributed by atoms with Gasteiger partial charge in [0.05, 0.1) is 43.1 Å². The maximum absolute atomic E-state index is 13.6. The van der Waals surface area contributed by atoms with E-state index in [-0.39, 0.29) is 24.3 Å². The molecule has 1 atom stereocenters. The van der Waals surface area contributed by atoms with Crippen molar-refractivity contribution < 1.29 is 19.1 Å². The highest BCUT2D eigenvalue weighted by Gasteiger charge is 2.25. The number of hydrogen-bond donors (Lipinski definition) is 4. The van der Waals surface area contributed by atoms with Crippen molar-refractivity contribution in [2.24, 2.45) is 0 Å². The number of halogens is 2. The summed E-state index contributed by atoms with van der Waals surface area (Å²) in [5.74, 6) is -0.174. The van der Waals surface area contributed by atoms with Gasteiger partial charge in [0.1, 0.15) is 5.82 Å². The van der Waals surface area contributed by atoms with Gasteiger partial charge in [-0.3, -0.25) is 9.59 Å². The minimum Gasteiger partial charge on any atom is -0.469 e. The van der Waals surface area contributed by atoms with Crippen molar-refractivity contribution in [2.45, 2.75) is 65.1 Å². The molecule has 1 aliphatic rings. The predicted molar refractivity (Wildman–Crippen MR) is 158 cm³/mol. The molecule has 2 aromatic rings. The van der Waals surface area contributed by atoms with Gasteiger partial charge in [-0.2, -0.15) is 0 Å². The molecule has 1 aromatic heterocycles. The minimum absolute atomic E-state index is 0.0228. The van der Waals surface area contributed by atoms with E-state index in [0.29, 0.717) is 22.2 Å². The molecule has 0 saturated heterocycles. The lowest BCUT2D eigenvalue weighted by Gasteiger charge is -2.22. The molecular weight excluding hydrogens is 553 g/mol. The zero-order chi connectivity index (χ0) is 29.4. The Hall–Kier alpha value is -3.14. The van der Waals surface area contributed by atoms with Crippen LogP contribution in [0.5, 0.6) is 0 Å². The first-order valence-electron chi connectivity index (χ1n) is 13.1. The average Bonchev–Trinajstić information content (AvgIpc) is 2.88. The van der Waals surface area contributed by atoms with E-state index in [0.717, 1.165) is 42.0 Å². The zero-order valence-electron chi connectivity index (χ0n) is 23.5. The van der Waals surface area contributed by atoms with E-state index in [1.165, 1.54) is 13.3 Å². The number of nitrogens with zero attached hydrogens (tertiary/aromatic N) is 1. The molecule has 0 saturated carbocycles. The summed E-state index contributed by atoms with van der Waals surface area (Å²) in [6.45, 7) is 8.80. The third-order valence-electron chi connectivity index (χ3n) is 6.26. The third-order valence-corrected chi connectivity index (χ3v) is 6.70. The van der Waals surface area contributed by atoms with Crippen molar-refractivity contribution in [1.29, 1.82) is 5.41 Å². The number of hydrogen-bond acceptors (Lipinski definition) is 8. The fraction of sp³-hybridized carbons (Fsp3) is 0.448. The van der Waals surface area contributed by atoms with Crippen LogP contribution in [0.3, 0.4) is 0 Å². The molecule has 1 aromatic carbocycles. The molecule has 0 aliphatic carbocycles. The summed E-state index contributed by atoms with van der Waals surface area (Å²) in [5, 5.41) is 18.7. The van der Waals surface area contributed by atoms with Gasteiger partial charge in [0.2, 0.25) is 0 Å². The van der Waals surface area contributed by atoms with Gasteiger partial charge in [-0.1, -0.05) is 23.2 Å². The molecular formula is C29H37Cl2N5O4. The van der Waals surface area contributed by atoms with Crippen LogP contribution in [0.25, 0.3) is 0 Å². The first kappa shape index (κ1) is 31.4. The Morgan fingerprint density at radius 2 is 1.90 bits per heavy atom. The normalized spacial score (nSPS) is 14.0. The van der Waals surface area contributed by atoms with Gasteiger partial charge in [-0.15, -0.1) is 0 Å². The molecule has 3 rings (SSSR count). The van der Waals surface area contributed by atoms with E-state index in [2.05, 4.69) is 27.0 Å². The number of carbonyl (C=O) groups excluding carboxylic acids is 2. The largest absolute Gasteiger partial charge is 0.469 e. The number of nitrogens with one attached hydrogen (secondary N) is 4. The number of pyridine rings is 1.